The molecule has 0 aliphatic carbocycles. The Morgan fingerprint density at radius 2 is 1.39 bits per heavy atom. The lowest BCUT2D eigenvalue weighted by Gasteiger charge is -2.25. The zero-order chi connectivity index (χ0) is 29.4. The van der Waals surface area contributed by atoms with Crippen molar-refractivity contribution in [2.45, 2.75) is 77.0 Å². The molecule has 4 atom stereocenters. The summed E-state index contributed by atoms with van der Waals surface area (Å²) >= 11 is 0. The largest absolute Gasteiger partial charge is 0.481 e. The molecule has 38 heavy (non-hydrogen) atoms. The van der Waals surface area contributed by atoms with Crippen LogP contribution in [-0.2, 0) is 28.8 Å². The summed E-state index contributed by atoms with van der Waals surface area (Å²) in [4.78, 5) is 76.2. The summed E-state index contributed by atoms with van der Waals surface area (Å²) in [7, 11) is 0. The summed E-state index contributed by atoms with van der Waals surface area (Å²) < 4.78 is 0. The molecule has 0 aromatic rings. The Kier molecular flexibility index (Phi) is 15.7. The van der Waals surface area contributed by atoms with Gasteiger partial charge in [-0.1, -0.05) is 13.8 Å². The van der Waals surface area contributed by atoms with Gasteiger partial charge in [-0.25, -0.2) is 4.79 Å². The van der Waals surface area contributed by atoms with Crippen molar-refractivity contribution in [2.75, 3.05) is 13.1 Å². The molecule has 0 saturated heterocycles. The molecule has 4 unspecified atom stereocenters. The number of rotatable bonds is 18. The Morgan fingerprint density at radius 3 is 1.89 bits per heavy atom. The van der Waals surface area contributed by atoms with Crippen LogP contribution >= 0.6 is 0 Å². The van der Waals surface area contributed by atoms with E-state index in [2.05, 4.69) is 26.3 Å². The molecule has 0 aliphatic rings. The summed E-state index contributed by atoms with van der Waals surface area (Å²) in [5, 5.41) is 28.0. The summed E-state index contributed by atoms with van der Waals surface area (Å²) in [6.07, 6.45) is -0.360. The number of guanidine groups is 1. The number of hydrogen-bond acceptors (Lipinski definition) is 8. The van der Waals surface area contributed by atoms with Crippen molar-refractivity contribution in [3.05, 3.63) is 0 Å². The van der Waals surface area contributed by atoms with Crippen molar-refractivity contribution in [1.82, 2.24) is 21.3 Å². The fourth-order valence-corrected chi connectivity index (χ4v) is 3.12. The molecule has 0 rings (SSSR count). The normalized spacial score (nSPS) is 13.8. The maximum absolute atomic E-state index is 13.0. The molecule has 4 amide bonds. The topological polar surface area (TPSA) is 281 Å². The van der Waals surface area contributed by atoms with E-state index in [0.29, 0.717) is 0 Å². The highest BCUT2D eigenvalue weighted by Crippen LogP contribution is 2.08. The molecule has 0 fully saturated rings. The first-order chi connectivity index (χ1) is 17.6. The average molecular weight is 545 g/mol. The van der Waals surface area contributed by atoms with Gasteiger partial charge in [0.25, 0.3) is 0 Å². The van der Waals surface area contributed by atoms with Gasteiger partial charge < -0.3 is 48.7 Å². The van der Waals surface area contributed by atoms with Gasteiger partial charge in [-0.2, -0.15) is 0 Å². The molecule has 0 bridgehead atoms. The van der Waals surface area contributed by atoms with Crippen molar-refractivity contribution in [3.63, 3.8) is 0 Å². The molecule has 0 radical (unpaired) electrons. The molecule has 216 valence electrons. The van der Waals surface area contributed by atoms with Crippen molar-refractivity contribution in [3.8, 4) is 0 Å². The third kappa shape index (κ3) is 15.2. The smallest absolute Gasteiger partial charge is 0.326 e. The first kappa shape index (κ1) is 34.0. The van der Waals surface area contributed by atoms with Crippen LogP contribution < -0.4 is 38.5 Å². The minimum atomic E-state index is -1.34. The first-order valence-corrected chi connectivity index (χ1v) is 12.1. The van der Waals surface area contributed by atoms with Crippen molar-refractivity contribution in [1.29, 1.82) is 0 Å². The van der Waals surface area contributed by atoms with Gasteiger partial charge in [0.2, 0.25) is 23.6 Å². The van der Waals surface area contributed by atoms with Crippen LogP contribution in [0.4, 0.5) is 0 Å². The second kappa shape index (κ2) is 17.5. The van der Waals surface area contributed by atoms with E-state index in [1.807, 2.05) is 0 Å². The maximum atomic E-state index is 13.0. The highest BCUT2D eigenvalue weighted by molar-refractivity contribution is 5.94. The Balaban J connectivity index is 5.47. The second-order valence-corrected chi connectivity index (χ2v) is 9.10. The van der Waals surface area contributed by atoms with Crippen LogP contribution in [0.15, 0.2) is 4.99 Å². The predicted molar refractivity (Wildman–Crippen MR) is 136 cm³/mol. The van der Waals surface area contributed by atoms with E-state index in [0.717, 1.165) is 0 Å². The number of aliphatic carboxylic acids is 2. The van der Waals surface area contributed by atoms with Crippen LogP contribution in [0.1, 0.15) is 52.9 Å². The molecule has 16 heteroatoms. The number of carboxylic acid groups (broad SMARTS) is 2. The number of amides is 4. The lowest BCUT2D eigenvalue weighted by atomic mass is 10.0. The Hall–Kier alpha value is -3.95. The van der Waals surface area contributed by atoms with Crippen LogP contribution in [0.25, 0.3) is 0 Å². The Labute approximate surface area is 220 Å². The molecule has 0 aliphatic heterocycles. The van der Waals surface area contributed by atoms with Crippen molar-refractivity contribution >= 4 is 41.5 Å². The lowest BCUT2D eigenvalue weighted by Crippen LogP contribution is -2.56. The lowest BCUT2D eigenvalue weighted by molar-refractivity contribution is -0.142. The van der Waals surface area contributed by atoms with E-state index in [9.17, 15) is 33.9 Å². The summed E-state index contributed by atoms with van der Waals surface area (Å²) in [5.41, 5.74) is 15.9. The summed E-state index contributed by atoms with van der Waals surface area (Å²) in [5.74, 6) is -5.76. The Bertz CT molecular complexity index is 873. The zero-order valence-corrected chi connectivity index (χ0v) is 21.9. The minimum Gasteiger partial charge on any atom is -0.481 e. The van der Waals surface area contributed by atoms with Gasteiger partial charge in [-0.15, -0.1) is 0 Å². The van der Waals surface area contributed by atoms with Crippen LogP contribution in [-0.4, -0.2) is 89.0 Å². The van der Waals surface area contributed by atoms with Gasteiger partial charge in [-0.05, 0) is 38.5 Å². The number of aliphatic imine (C=N–C) groups is 1. The monoisotopic (exact) mass is 544 g/mol. The Morgan fingerprint density at radius 1 is 0.816 bits per heavy atom. The number of nitrogens with one attached hydrogen (secondary N) is 4. The molecule has 16 nitrogen and oxygen atoms in total. The quantitative estimate of drug-likeness (QED) is 0.0474. The van der Waals surface area contributed by atoms with Gasteiger partial charge in [0, 0.05) is 13.0 Å². The first-order valence-electron chi connectivity index (χ1n) is 12.1. The third-order valence-electron chi connectivity index (χ3n) is 5.04. The minimum absolute atomic E-state index is 0.0185. The number of nitrogens with zero attached hydrogens (tertiary/aromatic N) is 1. The number of carboxylic acids is 2. The van der Waals surface area contributed by atoms with Crippen LogP contribution in [0.2, 0.25) is 0 Å². The second-order valence-electron chi connectivity index (χ2n) is 9.10. The van der Waals surface area contributed by atoms with Gasteiger partial charge in [-0.3, -0.25) is 29.0 Å². The number of nitrogens with two attached hydrogens (primary N) is 3. The van der Waals surface area contributed by atoms with Crippen LogP contribution in [0.3, 0.4) is 0 Å². The number of carbonyl (C=O) groups is 6. The molecular weight excluding hydrogens is 504 g/mol. The van der Waals surface area contributed by atoms with E-state index in [-0.39, 0.29) is 44.1 Å². The molecule has 0 aromatic heterocycles. The van der Waals surface area contributed by atoms with E-state index < -0.39 is 72.7 Å². The number of hydrogen-bond donors (Lipinski definition) is 9. The highest BCUT2D eigenvalue weighted by atomic mass is 16.4. The van der Waals surface area contributed by atoms with E-state index in [4.69, 9.17) is 22.3 Å². The molecule has 0 aromatic carbocycles. The van der Waals surface area contributed by atoms with Gasteiger partial charge in [0.1, 0.15) is 18.1 Å². The van der Waals surface area contributed by atoms with E-state index >= 15 is 0 Å². The zero-order valence-electron chi connectivity index (χ0n) is 21.9. The van der Waals surface area contributed by atoms with Crippen molar-refractivity contribution < 1.29 is 39.0 Å². The summed E-state index contributed by atoms with van der Waals surface area (Å²) in [6, 6.07) is -4.67. The fraction of sp³-hybridized carbons (Fsp3) is 0.682. The molecule has 0 saturated carbocycles. The molecule has 12 N–H and O–H groups in total. The van der Waals surface area contributed by atoms with Gasteiger partial charge >= 0.3 is 11.9 Å². The van der Waals surface area contributed by atoms with E-state index in [1.165, 1.54) is 6.92 Å². The van der Waals surface area contributed by atoms with Crippen molar-refractivity contribution in [2.24, 2.45) is 28.1 Å². The van der Waals surface area contributed by atoms with Crippen LogP contribution in [0.5, 0.6) is 0 Å². The standard InChI is InChI=1S/C22H40N8O8/c1-11(2)9-15(20(36)29-14(21(37)38)5-4-8-26-22(24)25)30-19(35)13(6-7-17(32)33)28-16(31)10-27-18(34)12(3)23/h11-15H,4-10,23H2,1-3H3,(H,27,34)(H,28,31)(H,29,36)(H,30,35)(H,32,33)(H,37,38)(H4,24,25,26). The fourth-order valence-electron chi connectivity index (χ4n) is 3.12. The van der Waals surface area contributed by atoms with Gasteiger partial charge in [0.05, 0.1) is 12.6 Å². The average Bonchev–Trinajstić information content (AvgIpc) is 2.80. The van der Waals surface area contributed by atoms with Gasteiger partial charge in [0.15, 0.2) is 5.96 Å². The van der Waals surface area contributed by atoms with Crippen LogP contribution in [0, 0.1) is 5.92 Å². The number of carbonyl (C=O) groups excluding carboxylic acids is 4. The maximum Gasteiger partial charge on any atom is 0.326 e. The molecular formula is C22H40N8O8. The molecule has 0 spiro atoms. The SMILES string of the molecule is CC(C)CC(NC(=O)C(CCC(=O)O)NC(=O)CNC(=O)C(C)N)C(=O)NC(CCCN=C(N)N)C(=O)O. The van der Waals surface area contributed by atoms with E-state index in [1.54, 1.807) is 13.8 Å². The summed E-state index contributed by atoms with van der Waals surface area (Å²) in [6.45, 7) is 4.62. The predicted octanol–water partition coefficient (Wildman–Crippen LogP) is -3.05. The molecule has 0 heterocycles. The third-order valence-corrected chi connectivity index (χ3v) is 5.04. The highest BCUT2D eigenvalue weighted by Gasteiger charge is 2.30.